The van der Waals surface area contributed by atoms with Crippen LogP contribution in [0.2, 0.25) is 0 Å². The van der Waals surface area contributed by atoms with Gasteiger partial charge in [0.15, 0.2) is 0 Å². The summed E-state index contributed by atoms with van der Waals surface area (Å²) < 4.78 is 41.1. The molecule has 5 aromatic rings. The van der Waals surface area contributed by atoms with Gasteiger partial charge in [0.25, 0.3) is 15.9 Å². The first-order valence-electron chi connectivity index (χ1n) is 21.4. The summed E-state index contributed by atoms with van der Waals surface area (Å²) in [6.45, 7) is 6.74. The molecule has 1 amide bonds. The quantitative estimate of drug-likeness (QED) is 0.0774. The molecule has 15 nitrogen and oxygen atoms in total. The van der Waals surface area contributed by atoms with E-state index in [1.807, 2.05) is 12.1 Å². The average molecular weight is 849 g/mol. The number of hydrogen-bond donors (Lipinski definition) is 3. The Morgan fingerprint density at radius 3 is 2.61 bits per heavy atom. The number of likely N-dealkylation sites (tertiary alicyclic amines) is 1. The molecule has 320 valence electrons. The smallest absolute Gasteiger partial charge is 0.312 e. The van der Waals surface area contributed by atoms with Gasteiger partial charge in [0, 0.05) is 74.3 Å². The number of carbonyl (C=O) groups excluding carboxylic acids is 1. The molecule has 4 fully saturated rings. The maximum absolute atomic E-state index is 13.9. The fraction of sp³-hybridized carbons (Fsp3) is 0.444. The number of pyridine rings is 2. The third-order valence-corrected chi connectivity index (χ3v) is 14.7. The molecule has 3 saturated heterocycles. The molecule has 1 spiro atoms. The Morgan fingerprint density at radius 1 is 1.02 bits per heavy atom. The van der Waals surface area contributed by atoms with Crippen LogP contribution in [-0.2, 0) is 21.2 Å². The van der Waals surface area contributed by atoms with Crippen molar-refractivity contribution in [2.75, 3.05) is 49.6 Å². The van der Waals surface area contributed by atoms with Crippen LogP contribution in [0.4, 0.5) is 17.2 Å². The zero-order valence-corrected chi connectivity index (χ0v) is 35.2. The summed E-state index contributed by atoms with van der Waals surface area (Å²) in [5, 5.41) is 15.8. The third-order valence-electron chi connectivity index (χ3n) is 13.4. The number of aromatic nitrogens is 3. The molecule has 1 aliphatic carbocycles. The van der Waals surface area contributed by atoms with Crippen molar-refractivity contribution < 1.29 is 27.6 Å². The van der Waals surface area contributed by atoms with E-state index >= 15 is 0 Å². The summed E-state index contributed by atoms with van der Waals surface area (Å²) in [4.78, 5) is 41.4. The van der Waals surface area contributed by atoms with Gasteiger partial charge in [-0.25, -0.2) is 23.1 Å². The van der Waals surface area contributed by atoms with E-state index in [9.17, 15) is 23.3 Å². The summed E-state index contributed by atoms with van der Waals surface area (Å²) in [5.74, 6) is -0.247. The number of sulfonamides is 1. The highest BCUT2D eigenvalue weighted by atomic mass is 32.2. The Morgan fingerprint density at radius 2 is 1.82 bits per heavy atom. The van der Waals surface area contributed by atoms with Gasteiger partial charge in [-0.15, -0.1) is 0 Å². The molecule has 3 N–H and O–H groups in total. The predicted octanol–water partition coefficient (Wildman–Crippen LogP) is 7.76. The van der Waals surface area contributed by atoms with Gasteiger partial charge in [-0.2, -0.15) is 0 Å². The Kier molecular flexibility index (Phi) is 11.4. The molecule has 4 aliphatic rings. The number of aromatic amines is 1. The molecule has 1 atom stereocenters. The highest BCUT2D eigenvalue weighted by Crippen LogP contribution is 2.54. The van der Waals surface area contributed by atoms with Crippen molar-refractivity contribution in [2.45, 2.75) is 81.7 Å². The summed E-state index contributed by atoms with van der Waals surface area (Å²) in [7, 11) is -4.60. The minimum absolute atomic E-state index is 0.0289. The van der Waals surface area contributed by atoms with E-state index in [1.165, 1.54) is 43.0 Å². The van der Waals surface area contributed by atoms with E-state index in [2.05, 4.69) is 66.0 Å². The molecule has 3 aliphatic heterocycles. The van der Waals surface area contributed by atoms with Crippen molar-refractivity contribution in [1.82, 2.24) is 24.6 Å². The number of nitrogens with one attached hydrogen (secondary N) is 3. The minimum atomic E-state index is -4.60. The molecule has 0 bridgehead atoms. The molecule has 16 heteroatoms. The predicted molar refractivity (Wildman–Crippen MR) is 232 cm³/mol. The Balaban J connectivity index is 0.905. The number of hydrogen-bond acceptors (Lipinski definition) is 12. The largest absolute Gasteiger partial charge is 0.455 e. The minimum Gasteiger partial charge on any atom is -0.455 e. The zero-order chi connectivity index (χ0) is 42.1. The van der Waals surface area contributed by atoms with Crippen molar-refractivity contribution in [3.05, 3.63) is 106 Å². The van der Waals surface area contributed by atoms with Crippen molar-refractivity contribution in [3.63, 3.8) is 0 Å². The van der Waals surface area contributed by atoms with Crippen LogP contribution in [-0.4, -0.2) is 84.5 Å². The first kappa shape index (κ1) is 40.8. The number of amides is 1. The van der Waals surface area contributed by atoms with E-state index in [1.54, 1.807) is 24.4 Å². The van der Waals surface area contributed by atoms with Crippen LogP contribution < -0.4 is 19.7 Å². The van der Waals surface area contributed by atoms with Crippen LogP contribution in [0.25, 0.3) is 11.0 Å². The zero-order valence-electron chi connectivity index (χ0n) is 34.3. The number of rotatable bonds is 13. The number of piperidine rings is 1. The molecule has 1 saturated carbocycles. The van der Waals surface area contributed by atoms with Gasteiger partial charge >= 0.3 is 5.69 Å². The number of H-pyrrole nitrogens is 1. The van der Waals surface area contributed by atoms with Crippen LogP contribution in [0.15, 0.2) is 84.1 Å². The highest BCUT2D eigenvalue weighted by molar-refractivity contribution is 7.90. The third kappa shape index (κ3) is 8.53. The number of nitro groups is 1. The van der Waals surface area contributed by atoms with E-state index in [-0.39, 0.29) is 23.0 Å². The lowest BCUT2D eigenvalue weighted by atomic mass is 9.59. The van der Waals surface area contributed by atoms with E-state index < -0.39 is 31.4 Å². The molecular formula is C45H52N8O7S. The van der Waals surface area contributed by atoms with Crippen molar-refractivity contribution in [3.8, 4) is 11.5 Å². The number of benzene rings is 2. The summed E-state index contributed by atoms with van der Waals surface area (Å²) in [5.41, 5.74) is 4.26. The normalized spacial score (nSPS) is 19.8. The Hall–Kier alpha value is -5.58. The number of nitrogens with zero attached hydrogens (tertiary/aromatic N) is 5. The second-order valence-electron chi connectivity index (χ2n) is 17.0. The molecule has 2 aromatic carbocycles. The fourth-order valence-corrected chi connectivity index (χ4v) is 10.9. The summed E-state index contributed by atoms with van der Waals surface area (Å²) in [6.07, 6.45) is 14.0. The lowest BCUT2D eigenvalue weighted by Gasteiger charge is -2.56. The summed E-state index contributed by atoms with van der Waals surface area (Å²) >= 11 is 0. The number of aryl methyl sites for hydroxylation is 1. The Labute approximate surface area is 355 Å². The monoisotopic (exact) mass is 848 g/mol. The van der Waals surface area contributed by atoms with Gasteiger partial charge in [0.1, 0.15) is 22.0 Å². The summed E-state index contributed by atoms with van der Waals surface area (Å²) in [6, 6.07) is 19.7. The topological polar surface area (TPSA) is 185 Å². The van der Waals surface area contributed by atoms with Gasteiger partial charge in [-0.1, -0.05) is 31.2 Å². The number of fused-ring (bicyclic) bond motifs is 1. The van der Waals surface area contributed by atoms with Gasteiger partial charge in [0.05, 0.1) is 22.9 Å². The van der Waals surface area contributed by atoms with E-state index in [4.69, 9.17) is 9.47 Å². The number of anilines is 2. The number of carbonyl (C=O) groups is 1. The Bertz CT molecular complexity index is 2530. The van der Waals surface area contributed by atoms with Gasteiger partial charge in [-0.05, 0) is 111 Å². The van der Waals surface area contributed by atoms with Crippen molar-refractivity contribution in [2.24, 2.45) is 11.3 Å². The standard InChI is InChI=1S/C45H52N8O7S/c1-2-31-6-3-4-7-37(31)39-8-5-17-52(39)34-25-45(26-34)14-18-51(19-15-45)33-9-10-38(41(23-33)60-35-22-32-11-16-46-42(32)48-28-35)44(54)50-61(57,58)36-24-40(53(55)56)43(49-29-36)47-27-30-12-20-59-21-13-30/h3-4,6-7,9-11,16,22-24,28-30,34,39H,2,5,8,12-15,17-21,25-27H2,1H3,(H,46,48)(H,47,49)(H,50,54)/t39-/m0/s1. The fourth-order valence-electron chi connectivity index (χ4n) is 9.93. The molecule has 9 rings (SSSR count). The van der Waals surface area contributed by atoms with Gasteiger partial charge in [-0.3, -0.25) is 19.8 Å². The molecule has 6 heterocycles. The molecular weight excluding hydrogens is 797 g/mol. The first-order chi connectivity index (χ1) is 29.6. The van der Waals surface area contributed by atoms with Crippen LogP contribution in [0.3, 0.4) is 0 Å². The highest BCUT2D eigenvalue weighted by Gasteiger charge is 2.50. The van der Waals surface area contributed by atoms with Crippen molar-refractivity contribution in [1.29, 1.82) is 0 Å². The van der Waals surface area contributed by atoms with Crippen LogP contribution in [0.5, 0.6) is 11.5 Å². The SMILES string of the molecule is CCc1ccccc1[C@@H]1CCCN1C1CC2(CCN(c3ccc(C(=O)NS(=O)(=O)c4cnc(NCC5CCOCC5)c([N+](=O)[O-])c4)c(Oc4cnc5[nH]ccc5c4)c3)CC2)C1. The van der Waals surface area contributed by atoms with Gasteiger partial charge < -0.3 is 24.7 Å². The van der Waals surface area contributed by atoms with Crippen LogP contribution in [0.1, 0.15) is 85.8 Å². The van der Waals surface area contributed by atoms with Gasteiger partial charge in [0.2, 0.25) is 5.82 Å². The first-order valence-corrected chi connectivity index (χ1v) is 22.9. The van der Waals surface area contributed by atoms with Crippen molar-refractivity contribution >= 4 is 44.2 Å². The van der Waals surface area contributed by atoms with Crippen LogP contribution >= 0.6 is 0 Å². The molecule has 61 heavy (non-hydrogen) atoms. The molecule has 3 aromatic heterocycles. The second-order valence-corrected chi connectivity index (χ2v) is 18.7. The average Bonchev–Trinajstić information content (AvgIpc) is 3.95. The lowest BCUT2D eigenvalue weighted by molar-refractivity contribution is -0.384. The molecule has 0 radical (unpaired) electrons. The van der Waals surface area contributed by atoms with E-state index in [0.29, 0.717) is 48.7 Å². The maximum atomic E-state index is 13.9. The lowest BCUT2D eigenvalue weighted by Crippen LogP contribution is -2.54. The van der Waals surface area contributed by atoms with E-state index in [0.717, 1.165) is 75.1 Å². The number of ether oxygens (including phenoxy) is 2. The maximum Gasteiger partial charge on any atom is 0.312 e. The molecule has 0 unspecified atom stereocenters. The second kappa shape index (κ2) is 17.1. The van der Waals surface area contributed by atoms with Crippen LogP contribution in [0, 0.1) is 21.4 Å².